The highest BCUT2D eigenvalue weighted by Crippen LogP contribution is 2.13. The van der Waals surface area contributed by atoms with Crippen molar-refractivity contribution in [1.29, 1.82) is 0 Å². The molecular formula is C13H23NO3S. The zero-order valence-corrected chi connectivity index (χ0v) is 12.2. The van der Waals surface area contributed by atoms with E-state index in [1.54, 1.807) is 6.07 Å². The first-order valence-corrected chi connectivity index (χ1v) is 8.26. The SMILES string of the molecule is CCCCS(=O)(=O)Cc1ccc(CNC(C)C)o1. The summed E-state index contributed by atoms with van der Waals surface area (Å²) in [5.41, 5.74) is 0. The van der Waals surface area contributed by atoms with Gasteiger partial charge in [-0.3, -0.25) is 0 Å². The molecule has 1 aromatic rings. The molecule has 1 N–H and O–H groups in total. The molecule has 0 aliphatic heterocycles. The molecule has 0 spiro atoms. The highest BCUT2D eigenvalue weighted by molar-refractivity contribution is 7.90. The van der Waals surface area contributed by atoms with Crippen LogP contribution in [0.5, 0.6) is 0 Å². The number of nitrogens with one attached hydrogen (secondary N) is 1. The second kappa shape index (κ2) is 6.95. The Labute approximate surface area is 110 Å². The number of rotatable bonds is 8. The Hall–Kier alpha value is -0.810. The maximum Gasteiger partial charge on any atom is 0.157 e. The summed E-state index contributed by atoms with van der Waals surface area (Å²) in [6.07, 6.45) is 1.60. The van der Waals surface area contributed by atoms with Gasteiger partial charge in [-0.05, 0) is 18.6 Å². The third kappa shape index (κ3) is 5.69. The van der Waals surface area contributed by atoms with Gasteiger partial charge in [0.05, 0.1) is 12.3 Å². The smallest absolute Gasteiger partial charge is 0.157 e. The summed E-state index contributed by atoms with van der Waals surface area (Å²) in [6, 6.07) is 3.97. The molecule has 0 bridgehead atoms. The highest BCUT2D eigenvalue weighted by Gasteiger charge is 2.14. The summed E-state index contributed by atoms with van der Waals surface area (Å²) in [6.45, 7) is 6.73. The zero-order chi connectivity index (χ0) is 13.6. The number of furan rings is 1. The fraction of sp³-hybridized carbons (Fsp3) is 0.692. The molecule has 0 atom stereocenters. The van der Waals surface area contributed by atoms with Gasteiger partial charge in [0.1, 0.15) is 17.3 Å². The molecular weight excluding hydrogens is 250 g/mol. The minimum absolute atomic E-state index is 0.00861. The lowest BCUT2D eigenvalue weighted by Gasteiger charge is -2.05. The van der Waals surface area contributed by atoms with E-state index in [4.69, 9.17) is 4.42 Å². The van der Waals surface area contributed by atoms with Crippen molar-refractivity contribution in [2.75, 3.05) is 5.75 Å². The third-order valence-corrected chi connectivity index (χ3v) is 4.21. The molecule has 0 aromatic carbocycles. The van der Waals surface area contributed by atoms with Crippen LogP contribution in [0.4, 0.5) is 0 Å². The third-order valence-electron chi connectivity index (χ3n) is 2.57. The van der Waals surface area contributed by atoms with E-state index < -0.39 is 9.84 Å². The van der Waals surface area contributed by atoms with E-state index in [0.717, 1.165) is 12.2 Å². The van der Waals surface area contributed by atoms with E-state index in [9.17, 15) is 8.42 Å². The Morgan fingerprint density at radius 3 is 2.56 bits per heavy atom. The van der Waals surface area contributed by atoms with Crippen LogP contribution in [0.1, 0.15) is 45.1 Å². The molecule has 0 saturated carbocycles. The molecule has 0 aliphatic carbocycles. The van der Waals surface area contributed by atoms with Gasteiger partial charge in [-0.25, -0.2) is 8.42 Å². The van der Waals surface area contributed by atoms with Gasteiger partial charge in [-0.2, -0.15) is 0 Å². The second-order valence-electron chi connectivity index (χ2n) is 4.85. The van der Waals surface area contributed by atoms with Crippen molar-refractivity contribution in [2.45, 2.75) is 52.0 Å². The van der Waals surface area contributed by atoms with E-state index >= 15 is 0 Å². The van der Waals surface area contributed by atoms with Gasteiger partial charge < -0.3 is 9.73 Å². The molecule has 104 valence electrons. The van der Waals surface area contributed by atoms with Crippen molar-refractivity contribution in [2.24, 2.45) is 0 Å². The van der Waals surface area contributed by atoms with Crippen LogP contribution < -0.4 is 5.32 Å². The predicted octanol–water partition coefficient (Wildman–Crippen LogP) is 2.49. The Morgan fingerprint density at radius 1 is 1.28 bits per heavy atom. The average molecular weight is 273 g/mol. The average Bonchev–Trinajstić information content (AvgIpc) is 2.70. The lowest BCUT2D eigenvalue weighted by atomic mass is 10.3. The van der Waals surface area contributed by atoms with Gasteiger partial charge >= 0.3 is 0 Å². The second-order valence-corrected chi connectivity index (χ2v) is 7.03. The standard InChI is InChI=1S/C13H23NO3S/c1-4-5-8-18(15,16)10-13-7-6-12(17-13)9-14-11(2)3/h6-7,11,14H,4-5,8-10H2,1-3H3. The van der Waals surface area contributed by atoms with E-state index in [0.29, 0.717) is 24.8 Å². The molecule has 0 unspecified atom stereocenters. The van der Waals surface area contributed by atoms with Crippen molar-refractivity contribution in [3.8, 4) is 0 Å². The summed E-state index contributed by atoms with van der Waals surface area (Å²) >= 11 is 0. The van der Waals surface area contributed by atoms with E-state index in [1.165, 1.54) is 0 Å². The molecule has 0 saturated heterocycles. The van der Waals surface area contributed by atoms with Gasteiger partial charge in [0, 0.05) is 6.04 Å². The predicted molar refractivity (Wildman–Crippen MR) is 73.1 cm³/mol. The quantitative estimate of drug-likeness (QED) is 0.790. The zero-order valence-electron chi connectivity index (χ0n) is 11.4. The fourth-order valence-electron chi connectivity index (χ4n) is 1.55. The van der Waals surface area contributed by atoms with Crippen LogP contribution >= 0.6 is 0 Å². The molecule has 1 heterocycles. The highest BCUT2D eigenvalue weighted by atomic mass is 32.2. The Balaban J connectivity index is 2.53. The lowest BCUT2D eigenvalue weighted by Crippen LogP contribution is -2.21. The minimum Gasteiger partial charge on any atom is -0.464 e. The van der Waals surface area contributed by atoms with E-state index in [1.807, 2.05) is 13.0 Å². The maximum absolute atomic E-state index is 11.8. The summed E-state index contributed by atoms with van der Waals surface area (Å²) in [5, 5.41) is 3.23. The molecule has 4 nitrogen and oxygen atoms in total. The van der Waals surface area contributed by atoms with Crippen LogP contribution in [-0.2, 0) is 22.1 Å². The van der Waals surface area contributed by atoms with Crippen LogP contribution in [-0.4, -0.2) is 20.2 Å². The molecule has 18 heavy (non-hydrogen) atoms. The first-order chi connectivity index (χ1) is 8.43. The van der Waals surface area contributed by atoms with E-state index in [-0.39, 0.29) is 11.5 Å². The maximum atomic E-state index is 11.8. The van der Waals surface area contributed by atoms with Crippen molar-refractivity contribution < 1.29 is 12.8 Å². The Bertz CT molecular complexity index is 449. The van der Waals surface area contributed by atoms with Crippen LogP contribution in [0.25, 0.3) is 0 Å². The molecule has 0 radical (unpaired) electrons. The number of hydrogen-bond acceptors (Lipinski definition) is 4. The van der Waals surface area contributed by atoms with Crippen LogP contribution in [0.2, 0.25) is 0 Å². The van der Waals surface area contributed by atoms with Gasteiger partial charge in [0.15, 0.2) is 9.84 Å². The molecule has 1 rings (SSSR count). The van der Waals surface area contributed by atoms with Crippen LogP contribution in [0, 0.1) is 0 Å². The molecule has 0 fully saturated rings. The monoisotopic (exact) mass is 273 g/mol. The molecule has 0 aliphatic rings. The molecule has 1 aromatic heterocycles. The van der Waals surface area contributed by atoms with Gasteiger partial charge in [0.25, 0.3) is 0 Å². The molecule has 0 amide bonds. The minimum atomic E-state index is -3.03. The number of sulfone groups is 1. The Kier molecular flexibility index (Phi) is 5.88. The topological polar surface area (TPSA) is 59.3 Å². The fourth-order valence-corrected chi connectivity index (χ4v) is 3.01. The van der Waals surface area contributed by atoms with Crippen molar-refractivity contribution in [3.05, 3.63) is 23.7 Å². The van der Waals surface area contributed by atoms with Crippen molar-refractivity contribution >= 4 is 9.84 Å². The van der Waals surface area contributed by atoms with Gasteiger partial charge in [-0.15, -0.1) is 0 Å². The number of hydrogen-bond donors (Lipinski definition) is 1. The van der Waals surface area contributed by atoms with E-state index in [2.05, 4.69) is 19.2 Å². The summed E-state index contributed by atoms with van der Waals surface area (Å²) in [4.78, 5) is 0. The van der Waals surface area contributed by atoms with Crippen LogP contribution in [0.3, 0.4) is 0 Å². The van der Waals surface area contributed by atoms with Gasteiger partial charge in [0.2, 0.25) is 0 Å². The first kappa shape index (κ1) is 15.2. The summed E-state index contributed by atoms with van der Waals surface area (Å²) < 4.78 is 29.0. The van der Waals surface area contributed by atoms with Crippen molar-refractivity contribution in [1.82, 2.24) is 5.32 Å². The van der Waals surface area contributed by atoms with Crippen molar-refractivity contribution in [3.63, 3.8) is 0 Å². The van der Waals surface area contributed by atoms with Gasteiger partial charge in [-0.1, -0.05) is 27.2 Å². The summed E-state index contributed by atoms with van der Waals surface area (Å²) in [7, 11) is -3.03. The summed E-state index contributed by atoms with van der Waals surface area (Å²) in [5.74, 6) is 1.56. The normalized spacial score (nSPS) is 12.2. The Morgan fingerprint density at radius 2 is 1.94 bits per heavy atom. The lowest BCUT2D eigenvalue weighted by molar-refractivity contribution is 0.443. The first-order valence-electron chi connectivity index (χ1n) is 6.44. The largest absolute Gasteiger partial charge is 0.464 e. The van der Waals surface area contributed by atoms with Crippen LogP contribution in [0.15, 0.2) is 16.5 Å². The molecule has 5 heteroatoms. The number of unbranched alkanes of at least 4 members (excludes halogenated alkanes) is 1.